The molecule has 0 saturated carbocycles. The summed E-state index contributed by atoms with van der Waals surface area (Å²) in [5, 5.41) is 3.85. The third kappa shape index (κ3) is 4.95. The van der Waals surface area contributed by atoms with Crippen LogP contribution in [0.25, 0.3) is 5.69 Å². The summed E-state index contributed by atoms with van der Waals surface area (Å²) >= 11 is 3.36. The number of nitrogens with zero attached hydrogens (tertiary/aromatic N) is 3. The van der Waals surface area contributed by atoms with Gasteiger partial charge in [0.05, 0.1) is 11.4 Å². The third-order valence-corrected chi connectivity index (χ3v) is 6.43. The van der Waals surface area contributed by atoms with E-state index in [0.29, 0.717) is 16.0 Å². The van der Waals surface area contributed by atoms with Gasteiger partial charge in [0.2, 0.25) is 0 Å². The second kappa shape index (κ2) is 10.3. The predicted molar refractivity (Wildman–Crippen MR) is 143 cm³/mol. The predicted octanol–water partition coefficient (Wildman–Crippen LogP) is 3.79. The molecule has 0 saturated heterocycles. The molecule has 3 aromatic rings. The maximum Gasteiger partial charge on any atom is 0.335 e. The average molecular weight is 599 g/mol. The van der Waals surface area contributed by atoms with Crippen LogP contribution in [0.1, 0.15) is 30.2 Å². The minimum absolute atomic E-state index is 0.0549. The van der Waals surface area contributed by atoms with Gasteiger partial charge in [-0.1, -0.05) is 0 Å². The molecule has 0 aliphatic carbocycles. The van der Waals surface area contributed by atoms with Crippen molar-refractivity contribution in [1.82, 2.24) is 25.0 Å². The molecule has 2 aliphatic heterocycles. The number of hydroxylamine groups is 2. The number of carbonyl (C=O) groups excluding carboxylic acids is 1. The van der Waals surface area contributed by atoms with Crippen molar-refractivity contribution in [3.8, 4) is 11.4 Å². The van der Waals surface area contributed by atoms with Crippen LogP contribution < -0.4 is 32.3 Å². The van der Waals surface area contributed by atoms with Gasteiger partial charge in [-0.2, -0.15) is 5.06 Å². The number of hydrogen-bond acceptors (Lipinski definition) is 7. The number of anilines is 1. The molecular weight excluding hydrogens is 578 g/mol. The van der Waals surface area contributed by atoms with Crippen molar-refractivity contribution >= 4 is 27.5 Å². The highest BCUT2D eigenvalue weighted by Crippen LogP contribution is 2.30. The molecule has 39 heavy (non-hydrogen) atoms. The van der Waals surface area contributed by atoms with Crippen LogP contribution in [0.2, 0.25) is 0 Å². The Bertz CT molecular complexity index is 1690. The highest BCUT2D eigenvalue weighted by atomic mass is 79.9. The topological polar surface area (TPSA) is 110 Å². The monoisotopic (exact) mass is 598 g/mol. The van der Waals surface area contributed by atoms with Crippen LogP contribution >= 0.6 is 15.9 Å². The Morgan fingerprint density at radius 1 is 1.08 bits per heavy atom. The second-order valence-corrected chi connectivity index (χ2v) is 9.59. The van der Waals surface area contributed by atoms with Crippen LogP contribution in [-0.2, 0) is 0 Å². The Morgan fingerprint density at radius 2 is 1.82 bits per heavy atom. The number of allylic oxidation sites excluding steroid dienone is 2. The van der Waals surface area contributed by atoms with E-state index >= 15 is 0 Å². The zero-order chi connectivity index (χ0) is 27.8. The first kappa shape index (κ1) is 26.0. The first-order valence-electron chi connectivity index (χ1n) is 11.7. The lowest BCUT2D eigenvalue weighted by Gasteiger charge is -2.24. The molecule has 200 valence electrons. The molecule has 1 aromatic heterocycles. The summed E-state index contributed by atoms with van der Waals surface area (Å²) in [6.07, 6.45) is 6.26. The second-order valence-electron chi connectivity index (χ2n) is 8.79. The van der Waals surface area contributed by atoms with Crippen LogP contribution in [-0.4, -0.2) is 20.1 Å². The van der Waals surface area contributed by atoms with Gasteiger partial charge >= 0.3 is 5.69 Å². The zero-order valence-electron chi connectivity index (χ0n) is 20.5. The van der Waals surface area contributed by atoms with E-state index in [9.17, 15) is 23.2 Å². The molecule has 0 radical (unpaired) electrons. The van der Waals surface area contributed by atoms with Gasteiger partial charge in [-0.15, -0.1) is 0 Å². The number of carbonyl (C=O) groups is 1. The van der Waals surface area contributed by atoms with E-state index in [0.717, 1.165) is 29.0 Å². The summed E-state index contributed by atoms with van der Waals surface area (Å²) in [5.74, 6) is -2.30. The van der Waals surface area contributed by atoms with Crippen molar-refractivity contribution in [1.29, 1.82) is 0 Å². The minimum Gasteiger partial charge on any atom is -0.372 e. The summed E-state index contributed by atoms with van der Waals surface area (Å²) in [7, 11) is 0. The summed E-state index contributed by atoms with van der Waals surface area (Å²) in [6.45, 7) is 3.42. The van der Waals surface area contributed by atoms with Crippen molar-refractivity contribution in [2.75, 3.05) is 5.32 Å². The Morgan fingerprint density at radius 3 is 2.51 bits per heavy atom. The molecule has 3 heterocycles. The molecule has 3 N–H and O–H groups in total. The highest BCUT2D eigenvalue weighted by molar-refractivity contribution is 9.11. The van der Waals surface area contributed by atoms with Gasteiger partial charge in [0.1, 0.15) is 21.7 Å². The van der Waals surface area contributed by atoms with E-state index < -0.39 is 34.8 Å². The van der Waals surface area contributed by atoms with E-state index in [1.165, 1.54) is 33.9 Å². The number of nitrogens with one attached hydrogen (secondary N) is 3. The lowest BCUT2D eigenvalue weighted by atomic mass is 10.2. The molecule has 13 heteroatoms. The number of benzene rings is 2. The zero-order valence-corrected chi connectivity index (χ0v) is 22.1. The highest BCUT2D eigenvalue weighted by Gasteiger charge is 2.27. The number of hydrogen-bond donors (Lipinski definition) is 3. The number of hydrazine groups is 1. The molecule has 0 bridgehead atoms. The molecule has 2 aliphatic rings. The van der Waals surface area contributed by atoms with Crippen LogP contribution in [0.3, 0.4) is 0 Å². The SMILES string of the molecule is CC(C)n1cc(C(=O)Nc2ccc(ON3C=CC=C4NNC(Br)=C43)c(F)c2)c(=O)n(-c2ccc(F)cc2)c1=O. The van der Waals surface area contributed by atoms with Crippen molar-refractivity contribution in [2.45, 2.75) is 19.9 Å². The van der Waals surface area contributed by atoms with Crippen molar-refractivity contribution < 1.29 is 18.4 Å². The lowest BCUT2D eigenvalue weighted by Crippen LogP contribution is -2.42. The smallest absolute Gasteiger partial charge is 0.335 e. The molecule has 0 spiro atoms. The van der Waals surface area contributed by atoms with Gasteiger partial charge in [-0.3, -0.25) is 25.0 Å². The number of fused-ring (bicyclic) bond motifs is 1. The maximum absolute atomic E-state index is 15.0. The Labute approximate surface area is 228 Å². The molecule has 0 unspecified atom stereocenters. The van der Waals surface area contributed by atoms with Gasteiger partial charge in [-0.05, 0) is 78.3 Å². The fourth-order valence-corrected chi connectivity index (χ4v) is 4.42. The first-order chi connectivity index (χ1) is 18.6. The maximum atomic E-state index is 15.0. The third-order valence-electron chi connectivity index (χ3n) is 5.86. The van der Waals surface area contributed by atoms with Gasteiger partial charge in [0, 0.05) is 30.2 Å². The van der Waals surface area contributed by atoms with Gasteiger partial charge in [0.15, 0.2) is 11.6 Å². The Balaban J connectivity index is 1.42. The van der Waals surface area contributed by atoms with Crippen LogP contribution in [0.5, 0.6) is 5.75 Å². The van der Waals surface area contributed by atoms with Crippen LogP contribution in [0.4, 0.5) is 14.5 Å². The van der Waals surface area contributed by atoms with Gasteiger partial charge in [0.25, 0.3) is 11.5 Å². The normalized spacial score (nSPS) is 14.1. The standard InChI is InChI=1S/C26H21BrF2N6O4/c1-14(2)33-13-18(25(37)35(26(33)38)17-8-5-15(28)6-9-17)24(36)30-16-7-10-21(19(29)12-16)39-34-11-3-4-20-22(34)23(27)32-31-20/h3-14,31-32H,1-2H3,(H,30,36). The van der Waals surface area contributed by atoms with Crippen LogP contribution in [0.15, 0.2) is 92.6 Å². The van der Waals surface area contributed by atoms with Gasteiger partial charge < -0.3 is 10.2 Å². The molecule has 10 nitrogen and oxygen atoms in total. The fraction of sp³-hybridized carbons (Fsp3) is 0.115. The fourth-order valence-electron chi connectivity index (χ4n) is 3.94. The summed E-state index contributed by atoms with van der Waals surface area (Å²) in [6, 6.07) is 8.12. The quantitative estimate of drug-likeness (QED) is 0.370. The van der Waals surface area contributed by atoms with E-state index in [-0.39, 0.29) is 22.7 Å². The number of amides is 1. The van der Waals surface area contributed by atoms with E-state index in [1.807, 2.05) is 0 Å². The summed E-state index contributed by atoms with van der Waals surface area (Å²) < 4.78 is 31.0. The summed E-state index contributed by atoms with van der Waals surface area (Å²) in [5.41, 5.74) is 5.33. The lowest BCUT2D eigenvalue weighted by molar-refractivity contribution is 0.0273. The van der Waals surface area contributed by atoms with Crippen LogP contribution in [0, 0.1) is 11.6 Å². The van der Waals surface area contributed by atoms with E-state index in [4.69, 9.17) is 4.84 Å². The minimum atomic E-state index is -0.903. The largest absolute Gasteiger partial charge is 0.372 e. The Kier molecular flexibility index (Phi) is 6.83. The molecule has 1 amide bonds. The van der Waals surface area contributed by atoms with Crippen molar-refractivity contribution in [2.24, 2.45) is 0 Å². The van der Waals surface area contributed by atoms with E-state index in [2.05, 4.69) is 32.1 Å². The molecule has 5 rings (SSSR count). The van der Waals surface area contributed by atoms with Gasteiger partial charge in [-0.25, -0.2) is 18.1 Å². The number of aromatic nitrogens is 2. The van der Waals surface area contributed by atoms with Crippen molar-refractivity contribution in [3.63, 3.8) is 0 Å². The number of halogens is 3. The first-order valence-corrected chi connectivity index (χ1v) is 12.5. The number of rotatable bonds is 6. The average Bonchev–Trinajstić information content (AvgIpc) is 3.28. The Hall–Kier alpha value is -4.65. The summed E-state index contributed by atoms with van der Waals surface area (Å²) in [4.78, 5) is 45.0. The van der Waals surface area contributed by atoms with E-state index in [1.54, 1.807) is 32.2 Å². The molecule has 0 atom stereocenters. The molecule has 2 aromatic carbocycles. The molecule has 0 fully saturated rings. The van der Waals surface area contributed by atoms with Crippen molar-refractivity contribution in [3.05, 3.63) is 121 Å². The molecular formula is C26H21BrF2N6O4.